The first-order valence-electron chi connectivity index (χ1n) is 7.22. The fraction of sp³-hybridized carbons (Fsp3) is 0.312. The fourth-order valence-electron chi connectivity index (χ4n) is 2.00. The van der Waals surface area contributed by atoms with E-state index in [1.54, 1.807) is 6.07 Å². The average molecular weight is 332 g/mol. The highest BCUT2D eigenvalue weighted by atomic mass is 16.3. The summed E-state index contributed by atoms with van der Waals surface area (Å²) in [7, 11) is 0. The molecule has 8 heteroatoms. The van der Waals surface area contributed by atoms with Crippen LogP contribution in [0.5, 0.6) is 0 Å². The van der Waals surface area contributed by atoms with Gasteiger partial charge in [0, 0.05) is 31.9 Å². The molecule has 0 aromatic heterocycles. The molecule has 4 N–H and O–H groups in total. The van der Waals surface area contributed by atoms with E-state index in [2.05, 4.69) is 0 Å². The quantitative estimate of drug-likeness (QED) is 0.359. The number of amides is 2. The zero-order valence-corrected chi connectivity index (χ0v) is 13.3. The van der Waals surface area contributed by atoms with Gasteiger partial charge in [0.05, 0.1) is 18.9 Å². The summed E-state index contributed by atoms with van der Waals surface area (Å²) in [5.74, 6) is -1.35. The monoisotopic (exact) mass is 332 g/mol. The molecular formula is C16H20N4O4. The predicted octanol–water partition coefficient (Wildman–Crippen LogP) is -0.158. The smallest absolute Gasteiger partial charge is 0.277 e. The first-order valence-corrected chi connectivity index (χ1v) is 7.22. The van der Waals surface area contributed by atoms with Crippen LogP contribution in [0.4, 0.5) is 11.4 Å². The Hall–Kier alpha value is -2.89. The number of carbonyl (C=O) groups excluding carboxylic acids is 2. The van der Waals surface area contributed by atoms with Gasteiger partial charge in [-0.15, -0.1) is 0 Å². The molecule has 0 aliphatic carbocycles. The summed E-state index contributed by atoms with van der Waals surface area (Å²) in [6.45, 7) is 1.07. The van der Waals surface area contributed by atoms with Crippen molar-refractivity contribution in [1.29, 1.82) is 5.26 Å². The Labute approximate surface area is 140 Å². The standard InChI is InChI=1S/C16H20N4O4/c1-12(23)20(15-4-2-14(18)3-5-15)16(24)13(10-17)11-19(6-8-21)7-9-22/h2-5,11,21-22H,6-9,18H2,1H3/b13-11-. The number of nitrogens with two attached hydrogens (primary N) is 1. The first-order chi connectivity index (χ1) is 11.4. The third-order valence-corrected chi connectivity index (χ3v) is 3.11. The minimum absolute atomic E-state index is 0.140. The minimum atomic E-state index is -0.796. The van der Waals surface area contributed by atoms with E-state index in [4.69, 9.17) is 15.9 Å². The maximum absolute atomic E-state index is 12.6. The van der Waals surface area contributed by atoms with Gasteiger partial charge in [0.1, 0.15) is 11.6 Å². The molecule has 0 bridgehead atoms. The second-order valence-corrected chi connectivity index (χ2v) is 4.89. The molecule has 0 heterocycles. The van der Waals surface area contributed by atoms with Crippen LogP contribution in [0.1, 0.15) is 6.92 Å². The lowest BCUT2D eigenvalue weighted by Gasteiger charge is -2.21. The van der Waals surface area contributed by atoms with Gasteiger partial charge in [-0.05, 0) is 24.3 Å². The molecule has 24 heavy (non-hydrogen) atoms. The second kappa shape index (κ2) is 9.29. The number of nitrogens with zero attached hydrogens (tertiary/aromatic N) is 3. The number of aliphatic hydroxyl groups is 2. The number of anilines is 2. The summed E-state index contributed by atoms with van der Waals surface area (Å²) < 4.78 is 0. The average Bonchev–Trinajstić information content (AvgIpc) is 2.54. The van der Waals surface area contributed by atoms with Gasteiger partial charge in [0.2, 0.25) is 5.91 Å². The maximum Gasteiger partial charge on any atom is 0.277 e. The van der Waals surface area contributed by atoms with Crippen LogP contribution in [0.25, 0.3) is 0 Å². The van der Waals surface area contributed by atoms with Gasteiger partial charge < -0.3 is 20.8 Å². The summed E-state index contributed by atoms with van der Waals surface area (Å²) in [6, 6.07) is 7.84. The molecule has 0 saturated carbocycles. The zero-order valence-electron chi connectivity index (χ0n) is 13.3. The molecule has 0 spiro atoms. The summed E-state index contributed by atoms with van der Waals surface area (Å²) in [6.07, 6.45) is 1.22. The number of rotatable bonds is 7. The molecule has 0 radical (unpaired) electrons. The van der Waals surface area contributed by atoms with Crippen molar-refractivity contribution in [2.45, 2.75) is 6.92 Å². The molecule has 0 unspecified atom stereocenters. The van der Waals surface area contributed by atoms with Crippen LogP contribution in [-0.4, -0.2) is 53.2 Å². The van der Waals surface area contributed by atoms with Crippen LogP contribution < -0.4 is 10.6 Å². The Kier molecular flexibility index (Phi) is 7.42. The molecule has 0 fully saturated rings. The molecule has 0 saturated heterocycles. The molecule has 1 aromatic rings. The molecule has 1 aromatic carbocycles. The van der Waals surface area contributed by atoms with E-state index in [1.807, 2.05) is 0 Å². The molecule has 0 atom stereocenters. The predicted molar refractivity (Wildman–Crippen MR) is 88.5 cm³/mol. The maximum atomic E-state index is 12.6. The van der Waals surface area contributed by atoms with Crippen molar-refractivity contribution in [3.8, 4) is 6.07 Å². The normalized spacial score (nSPS) is 10.8. The summed E-state index contributed by atoms with van der Waals surface area (Å²) in [5.41, 5.74) is 6.07. The number of benzene rings is 1. The highest BCUT2D eigenvalue weighted by Crippen LogP contribution is 2.19. The highest BCUT2D eigenvalue weighted by Gasteiger charge is 2.24. The molecule has 128 valence electrons. The number of aliphatic hydroxyl groups excluding tert-OH is 2. The Bertz CT molecular complexity index is 643. The summed E-state index contributed by atoms with van der Waals surface area (Å²) in [4.78, 5) is 26.7. The van der Waals surface area contributed by atoms with Crippen molar-refractivity contribution in [2.75, 3.05) is 36.9 Å². The van der Waals surface area contributed by atoms with Crippen LogP contribution in [-0.2, 0) is 9.59 Å². The lowest BCUT2D eigenvalue weighted by atomic mass is 10.2. The van der Waals surface area contributed by atoms with Gasteiger partial charge in [-0.3, -0.25) is 9.59 Å². The Balaban J connectivity index is 3.17. The number of nitrogen functional groups attached to an aromatic ring is 1. The Morgan fingerprint density at radius 1 is 1.21 bits per heavy atom. The van der Waals surface area contributed by atoms with Crippen LogP contribution in [0.15, 0.2) is 36.0 Å². The van der Waals surface area contributed by atoms with Crippen LogP contribution in [0, 0.1) is 11.3 Å². The Morgan fingerprint density at radius 2 is 1.75 bits per heavy atom. The molecule has 0 aliphatic heterocycles. The number of hydrogen-bond acceptors (Lipinski definition) is 7. The lowest BCUT2D eigenvalue weighted by molar-refractivity contribution is -0.123. The van der Waals surface area contributed by atoms with E-state index in [-0.39, 0.29) is 31.9 Å². The zero-order chi connectivity index (χ0) is 18.1. The van der Waals surface area contributed by atoms with Gasteiger partial charge in [0.25, 0.3) is 5.91 Å². The van der Waals surface area contributed by atoms with E-state index in [0.717, 1.165) is 4.90 Å². The number of nitriles is 1. The van der Waals surface area contributed by atoms with Crippen molar-refractivity contribution in [3.05, 3.63) is 36.0 Å². The third-order valence-electron chi connectivity index (χ3n) is 3.11. The van der Waals surface area contributed by atoms with Crippen molar-refractivity contribution in [2.24, 2.45) is 0 Å². The van der Waals surface area contributed by atoms with E-state index < -0.39 is 11.8 Å². The lowest BCUT2D eigenvalue weighted by Crippen LogP contribution is -2.37. The third kappa shape index (κ3) is 5.08. The van der Waals surface area contributed by atoms with Crippen molar-refractivity contribution in [3.63, 3.8) is 0 Å². The largest absolute Gasteiger partial charge is 0.399 e. The van der Waals surface area contributed by atoms with E-state index in [9.17, 15) is 14.9 Å². The topological polar surface area (TPSA) is 131 Å². The molecule has 2 amide bonds. The van der Waals surface area contributed by atoms with Crippen molar-refractivity contribution < 1.29 is 19.8 Å². The minimum Gasteiger partial charge on any atom is -0.399 e. The second-order valence-electron chi connectivity index (χ2n) is 4.89. The Morgan fingerprint density at radius 3 is 2.17 bits per heavy atom. The molecule has 1 rings (SSSR count). The number of carbonyl (C=O) groups is 2. The summed E-state index contributed by atoms with van der Waals surface area (Å²) in [5, 5.41) is 27.2. The van der Waals surface area contributed by atoms with E-state index in [1.165, 1.54) is 42.3 Å². The van der Waals surface area contributed by atoms with E-state index in [0.29, 0.717) is 11.4 Å². The van der Waals surface area contributed by atoms with Gasteiger partial charge in [-0.1, -0.05) is 0 Å². The van der Waals surface area contributed by atoms with Crippen LogP contribution in [0.3, 0.4) is 0 Å². The SMILES string of the molecule is CC(=O)N(C(=O)/C(C#N)=C\N(CCO)CCO)c1ccc(N)cc1. The van der Waals surface area contributed by atoms with E-state index >= 15 is 0 Å². The van der Waals surface area contributed by atoms with Gasteiger partial charge in [-0.2, -0.15) is 5.26 Å². The number of imide groups is 1. The van der Waals surface area contributed by atoms with Crippen molar-refractivity contribution >= 4 is 23.2 Å². The molecular weight excluding hydrogens is 312 g/mol. The van der Waals surface area contributed by atoms with Crippen LogP contribution in [0.2, 0.25) is 0 Å². The van der Waals surface area contributed by atoms with Crippen LogP contribution >= 0.6 is 0 Å². The number of hydrogen-bond donors (Lipinski definition) is 3. The molecule has 0 aliphatic rings. The highest BCUT2D eigenvalue weighted by molar-refractivity contribution is 6.21. The first kappa shape index (κ1) is 19.2. The van der Waals surface area contributed by atoms with Gasteiger partial charge in [-0.25, -0.2) is 4.90 Å². The molecule has 8 nitrogen and oxygen atoms in total. The van der Waals surface area contributed by atoms with Crippen molar-refractivity contribution in [1.82, 2.24) is 4.90 Å². The van der Waals surface area contributed by atoms with Gasteiger partial charge in [0.15, 0.2) is 0 Å². The van der Waals surface area contributed by atoms with Gasteiger partial charge >= 0.3 is 0 Å². The fourth-order valence-corrected chi connectivity index (χ4v) is 2.00. The summed E-state index contributed by atoms with van der Waals surface area (Å²) >= 11 is 0.